The first kappa shape index (κ1) is 23.0. The summed E-state index contributed by atoms with van der Waals surface area (Å²) in [6.45, 7) is 1.67. The van der Waals surface area contributed by atoms with Crippen LogP contribution >= 0.6 is 23.1 Å². The third-order valence-corrected chi connectivity index (χ3v) is 6.04. The number of amides is 1. The number of carboxylic acid groups (broad SMARTS) is 1. The fourth-order valence-corrected chi connectivity index (χ4v) is 4.15. The van der Waals surface area contributed by atoms with Crippen LogP contribution in [0, 0.1) is 0 Å². The Morgan fingerprint density at radius 2 is 1.97 bits per heavy atom. The molecule has 1 amide bonds. The zero-order valence-corrected chi connectivity index (χ0v) is 17.3. The highest BCUT2D eigenvalue weighted by Gasteiger charge is 2.38. The number of carbonyl (C=O) groups excluding carboxylic acids is 2. The standard InChI is InChI=1S/C18H19F3N2O4S2/c1-3-11-6-12(17(29-11)22-14(24)8-28-9-15(25)26)16(27)10-4-5-13(18(19,20)21)23(2)7-10/h4-6H,3,7-9H2,1-2H3,(H,22,24)(H,25,26). The summed E-state index contributed by atoms with van der Waals surface area (Å²) in [4.78, 5) is 37.3. The van der Waals surface area contributed by atoms with E-state index in [0.717, 1.165) is 33.7 Å². The third-order valence-electron chi connectivity index (χ3n) is 3.93. The Kier molecular flexibility index (Phi) is 7.53. The van der Waals surface area contributed by atoms with Gasteiger partial charge in [-0.1, -0.05) is 13.0 Å². The highest BCUT2D eigenvalue weighted by atomic mass is 32.2. The van der Waals surface area contributed by atoms with Crippen LogP contribution in [-0.2, 0) is 16.0 Å². The maximum atomic E-state index is 12.9. The fourth-order valence-electron chi connectivity index (χ4n) is 2.60. The second kappa shape index (κ2) is 9.49. The normalized spacial score (nSPS) is 14.3. The van der Waals surface area contributed by atoms with Crippen molar-refractivity contribution in [2.75, 3.05) is 30.4 Å². The van der Waals surface area contributed by atoms with Gasteiger partial charge in [0.15, 0.2) is 5.78 Å². The van der Waals surface area contributed by atoms with E-state index in [0.29, 0.717) is 11.4 Å². The van der Waals surface area contributed by atoms with Crippen molar-refractivity contribution in [1.29, 1.82) is 0 Å². The van der Waals surface area contributed by atoms with Gasteiger partial charge in [-0.25, -0.2) is 0 Å². The number of halogens is 3. The molecule has 2 N–H and O–H groups in total. The lowest BCUT2D eigenvalue weighted by atomic mass is 10.0. The van der Waals surface area contributed by atoms with Crippen molar-refractivity contribution in [2.24, 2.45) is 0 Å². The van der Waals surface area contributed by atoms with Gasteiger partial charge >= 0.3 is 12.1 Å². The monoisotopic (exact) mass is 448 g/mol. The highest BCUT2D eigenvalue weighted by Crippen LogP contribution is 2.34. The Morgan fingerprint density at radius 1 is 1.28 bits per heavy atom. The number of hydrogen-bond acceptors (Lipinski definition) is 6. The number of nitrogens with zero attached hydrogens (tertiary/aromatic N) is 1. The molecular formula is C18H19F3N2O4S2. The van der Waals surface area contributed by atoms with E-state index >= 15 is 0 Å². The van der Waals surface area contributed by atoms with Crippen LogP contribution in [0.1, 0.15) is 22.2 Å². The molecule has 0 fully saturated rings. The van der Waals surface area contributed by atoms with Gasteiger partial charge in [0.2, 0.25) is 5.91 Å². The number of Topliss-reactive ketones (excluding diaryl/α,β-unsaturated/α-hetero) is 1. The van der Waals surface area contributed by atoms with Crippen molar-refractivity contribution in [1.82, 2.24) is 4.90 Å². The number of ketones is 1. The van der Waals surface area contributed by atoms with E-state index in [2.05, 4.69) is 5.32 Å². The fraction of sp³-hybridized carbons (Fsp3) is 0.389. The van der Waals surface area contributed by atoms with E-state index in [9.17, 15) is 27.6 Å². The molecule has 0 saturated carbocycles. The van der Waals surface area contributed by atoms with Gasteiger partial charge in [0.1, 0.15) is 10.7 Å². The van der Waals surface area contributed by atoms with Crippen LogP contribution in [0.25, 0.3) is 0 Å². The molecule has 2 rings (SSSR count). The number of aliphatic carboxylic acids is 1. The number of likely N-dealkylation sites (N-methyl/N-ethyl adjacent to an activating group) is 1. The number of hydrogen-bond donors (Lipinski definition) is 2. The van der Waals surface area contributed by atoms with Crippen molar-refractivity contribution < 1.29 is 32.7 Å². The molecule has 0 saturated heterocycles. The predicted molar refractivity (Wildman–Crippen MR) is 106 cm³/mol. The molecule has 0 atom stereocenters. The number of rotatable bonds is 8. The average Bonchev–Trinajstić information content (AvgIpc) is 3.02. The molecule has 0 aliphatic carbocycles. The van der Waals surface area contributed by atoms with Crippen molar-refractivity contribution in [2.45, 2.75) is 19.5 Å². The van der Waals surface area contributed by atoms with Gasteiger partial charge in [0.05, 0.1) is 17.1 Å². The summed E-state index contributed by atoms with van der Waals surface area (Å²) in [5.74, 6) is -2.27. The van der Waals surface area contributed by atoms with Crippen LogP contribution in [0.4, 0.5) is 18.2 Å². The van der Waals surface area contributed by atoms with E-state index in [1.54, 1.807) is 6.07 Å². The molecule has 0 radical (unpaired) electrons. The Hall–Kier alpha value is -2.27. The largest absolute Gasteiger partial charge is 0.481 e. The summed E-state index contributed by atoms with van der Waals surface area (Å²) >= 11 is 2.13. The molecule has 11 heteroatoms. The van der Waals surface area contributed by atoms with E-state index in [1.165, 1.54) is 18.4 Å². The second-order valence-corrected chi connectivity index (χ2v) is 8.29. The van der Waals surface area contributed by atoms with Gasteiger partial charge in [0, 0.05) is 24.0 Å². The van der Waals surface area contributed by atoms with Crippen LogP contribution < -0.4 is 5.32 Å². The summed E-state index contributed by atoms with van der Waals surface area (Å²) in [7, 11) is 1.26. The summed E-state index contributed by atoms with van der Waals surface area (Å²) < 4.78 is 38.8. The van der Waals surface area contributed by atoms with Gasteiger partial charge < -0.3 is 15.3 Å². The number of carboxylic acids is 1. The number of thioether (sulfide) groups is 1. The molecule has 1 aliphatic rings. The maximum absolute atomic E-state index is 12.9. The molecule has 6 nitrogen and oxygen atoms in total. The molecule has 0 spiro atoms. The maximum Gasteiger partial charge on any atom is 0.431 e. The lowest BCUT2D eigenvalue weighted by molar-refractivity contribution is -0.133. The first-order valence-corrected chi connectivity index (χ1v) is 10.5. The first-order valence-electron chi connectivity index (χ1n) is 8.48. The van der Waals surface area contributed by atoms with Crippen molar-refractivity contribution in [3.05, 3.63) is 39.9 Å². The molecule has 158 valence electrons. The van der Waals surface area contributed by atoms with E-state index in [1.807, 2.05) is 6.92 Å². The molecule has 0 unspecified atom stereocenters. The van der Waals surface area contributed by atoms with Crippen LogP contribution in [0.3, 0.4) is 0 Å². The van der Waals surface area contributed by atoms with E-state index in [-0.39, 0.29) is 29.2 Å². The minimum Gasteiger partial charge on any atom is -0.481 e. The Labute approximate surface area is 173 Å². The Morgan fingerprint density at radius 3 is 2.52 bits per heavy atom. The Bertz CT molecular complexity index is 875. The highest BCUT2D eigenvalue weighted by molar-refractivity contribution is 8.00. The molecule has 0 aromatic carbocycles. The lowest BCUT2D eigenvalue weighted by Gasteiger charge is -2.27. The van der Waals surface area contributed by atoms with Crippen LogP contribution in [0.2, 0.25) is 0 Å². The van der Waals surface area contributed by atoms with Crippen molar-refractivity contribution >= 4 is 45.8 Å². The van der Waals surface area contributed by atoms with Crippen molar-refractivity contribution in [3.63, 3.8) is 0 Å². The molecule has 0 bridgehead atoms. The van der Waals surface area contributed by atoms with Crippen LogP contribution in [0.5, 0.6) is 0 Å². The minimum atomic E-state index is -4.51. The molecule has 1 aromatic rings. The molecule has 2 heterocycles. The zero-order valence-electron chi connectivity index (χ0n) is 15.6. The number of thiophene rings is 1. The first-order chi connectivity index (χ1) is 13.5. The van der Waals surface area contributed by atoms with Crippen LogP contribution in [-0.4, -0.2) is 58.9 Å². The predicted octanol–water partition coefficient (Wildman–Crippen LogP) is 3.57. The molecule has 29 heavy (non-hydrogen) atoms. The smallest absolute Gasteiger partial charge is 0.431 e. The van der Waals surface area contributed by atoms with Gasteiger partial charge in [-0.3, -0.25) is 14.4 Å². The van der Waals surface area contributed by atoms with Gasteiger partial charge in [0.25, 0.3) is 0 Å². The lowest BCUT2D eigenvalue weighted by Crippen LogP contribution is -2.33. The summed E-state index contributed by atoms with van der Waals surface area (Å²) in [6, 6.07) is 1.62. The number of carbonyl (C=O) groups is 3. The summed E-state index contributed by atoms with van der Waals surface area (Å²) in [5.41, 5.74) is -0.443. The number of nitrogens with one attached hydrogen (secondary N) is 1. The van der Waals surface area contributed by atoms with E-state index in [4.69, 9.17) is 5.11 Å². The third kappa shape index (κ3) is 6.10. The van der Waals surface area contributed by atoms with Gasteiger partial charge in [-0.05, 0) is 18.6 Å². The number of alkyl halides is 3. The van der Waals surface area contributed by atoms with E-state index < -0.39 is 29.5 Å². The quantitative estimate of drug-likeness (QED) is 0.592. The molecular weight excluding hydrogens is 429 g/mol. The average molecular weight is 448 g/mol. The van der Waals surface area contributed by atoms with Gasteiger partial charge in [-0.15, -0.1) is 23.1 Å². The van der Waals surface area contributed by atoms with Crippen LogP contribution in [0.15, 0.2) is 29.5 Å². The topological polar surface area (TPSA) is 86.7 Å². The summed E-state index contributed by atoms with van der Waals surface area (Å²) in [6.07, 6.45) is -1.87. The SMILES string of the molecule is CCc1cc(C(=O)C2=CC=C(C(F)(F)F)N(C)C2)c(NC(=O)CSCC(=O)O)s1. The summed E-state index contributed by atoms with van der Waals surface area (Å²) in [5, 5.41) is 11.5. The van der Waals surface area contributed by atoms with Crippen molar-refractivity contribution in [3.8, 4) is 0 Å². The number of aryl methyl sites for hydroxylation is 1. The number of anilines is 1. The number of allylic oxidation sites excluding steroid dienone is 3. The minimum absolute atomic E-state index is 0.0948. The zero-order chi connectivity index (χ0) is 21.8. The van der Waals surface area contributed by atoms with Gasteiger partial charge in [-0.2, -0.15) is 13.2 Å². The Balaban J connectivity index is 2.21. The molecule has 1 aromatic heterocycles. The second-order valence-electron chi connectivity index (χ2n) is 6.17. The molecule has 1 aliphatic heterocycles.